The van der Waals surface area contributed by atoms with Crippen LogP contribution >= 0.6 is 0 Å². The monoisotopic (exact) mass is 307 g/mol. The number of benzene rings is 1. The van der Waals surface area contributed by atoms with Gasteiger partial charge in [-0.2, -0.15) is 0 Å². The van der Waals surface area contributed by atoms with Crippen LogP contribution in [0.5, 0.6) is 0 Å². The van der Waals surface area contributed by atoms with Gasteiger partial charge in [-0.25, -0.2) is 0 Å². The van der Waals surface area contributed by atoms with E-state index in [1.807, 2.05) is 12.4 Å². The minimum Gasteiger partial charge on any atom is -0.365 e. The van der Waals surface area contributed by atoms with Crippen molar-refractivity contribution in [2.24, 2.45) is 4.99 Å². The first kappa shape index (κ1) is 14.7. The van der Waals surface area contributed by atoms with Gasteiger partial charge in [0, 0.05) is 36.6 Å². The number of piperidine rings is 1. The summed E-state index contributed by atoms with van der Waals surface area (Å²) >= 11 is 0. The molecule has 120 valence electrons. The van der Waals surface area contributed by atoms with Gasteiger partial charge in [0.15, 0.2) is 0 Å². The van der Waals surface area contributed by atoms with Crippen molar-refractivity contribution in [1.82, 2.24) is 10.2 Å². The maximum Gasteiger partial charge on any atom is 0.0371 e. The third-order valence-electron chi connectivity index (χ3n) is 5.19. The van der Waals surface area contributed by atoms with E-state index in [2.05, 4.69) is 46.1 Å². The maximum atomic E-state index is 4.46. The Bertz CT molecular complexity index is 631. The van der Waals surface area contributed by atoms with Crippen molar-refractivity contribution in [2.45, 2.75) is 44.2 Å². The van der Waals surface area contributed by atoms with Crippen molar-refractivity contribution >= 4 is 17.5 Å². The summed E-state index contributed by atoms with van der Waals surface area (Å²) in [4.78, 5) is 6.82. The summed E-state index contributed by atoms with van der Waals surface area (Å²) in [5, 5.41) is 3.47. The average Bonchev–Trinajstić information content (AvgIpc) is 3.28. The van der Waals surface area contributed by atoms with Crippen LogP contribution < -0.4 is 5.32 Å². The highest BCUT2D eigenvalue weighted by Crippen LogP contribution is 2.37. The summed E-state index contributed by atoms with van der Waals surface area (Å²) in [6.45, 7) is 6.72. The minimum absolute atomic E-state index is 0.655. The van der Waals surface area contributed by atoms with Gasteiger partial charge < -0.3 is 10.2 Å². The second-order valence-corrected chi connectivity index (χ2v) is 6.83. The van der Waals surface area contributed by atoms with Gasteiger partial charge in [-0.15, -0.1) is 0 Å². The van der Waals surface area contributed by atoms with E-state index in [-0.39, 0.29) is 0 Å². The van der Waals surface area contributed by atoms with Crippen molar-refractivity contribution < 1.29 is 0 Å². The van der Waals surface area contributed by atoms with Crippen LogP contribution in [0.4, 0.5) is 0 Å². The molecule has 2 heterocycles. The maximum absolute atomic E-state index is 4.46. The van der Waals surface area contributed by atoms with E-state index in [9.17, 15) is 0 Å². The van der Waals surface area contributed by atoms with Gasteiger partial charge >= 0.3 is 0 Å². The number of allylic oxidation sites excluding steroid dienone is 1. The second-order valence-electron chi connectivity index (χ2n) is 6.83. The van der Waals surface area contributed by atoms with E-state index in [1.54, 1.807) is 0 Å². The summed E-state index contributed by atoms with van der Waals surface area (Å²) in [5.41, 5.74) is 5.06. The molecule has 1 aromatic carbocycles. The minimum atomic E-state index is 0.655. The summed E-state index contributed by atoms with van der Waals surface area (Å²) in [6.07, 6.45) is 10.00. The summed E-state index contributed by atoms with van der Waals surface area (Å²) in [7, 11) is 0. The van der Waals surface area contributed by atoms with E-state index >= 15 is 0 Å². The predicted octanol–water partition coefficient (Wildman–Crippen LogP) is 3.69. The number of hydrogen-bond donors (Lipinski definition) is 1. The lowest BCUT2D eigenvalue weighted by Crippen LogP contribution is -2.43. The molecule has 4 rings (SSSR count). The zero-order chi connectivity index (χ0) is 15.6. The molecule has 0 spiro atoms. The smallest absolute Gasteiger partial charge is 0.0371 e. The Labute approximate surface area is 138 Å². The third-order valence-corrected chi connectivity index (χ3v) is 5.19. The number of rotatable bonds is 5. The molecule has 0 unspecified atom stereocenters. The fourth-order valence-corrected chi connectivity index (χ4v) is 3.74. The van der Waals surface area contributed by atoms with E-state index in [1.165, 1.54) is 48.1 Å². The molecule has 2 aliphatic heterocycles. The first-order valence-corrected chi connectivity index (χ1v) is 8.82. The lowest BCUT2D eigenvalue weighted by Gasteiger charge is -2.38. The molecule has 1 saturated heterocycles. The Morgan fingerprint density at radius 3 is 2.35 bits per heavy atom. The Morgan fingerprint density at radius 2 is 1.74 bits per heavy atom. The van der Waals surface area contributed by atoms with Crippen LogP contribution in [0.3, 0.4) is 0 Å². The van der Waals surface area contributed by atoms with Crippen LogP contribution in [-0.2, 0) is 0 Å². The van der Waals surface area contributed by atoms with Gasteiger partial charge in [0.05, 0.1) is 0 Å². The number of aliphatic imine (C=N–C) groups is 1. The van der Waals surface area contributed by atoms with Crippen LogP contribution in [0.1, 0.15) is 43.2 Å². The summed E-state index contributed by atoms with van der Waals surface area (Å²) < 4.78 is 0. The fourth-order valence-electron chi connectivity index (χ4n) is 3.74. The lowest BCUT2D eigenvalue weighted by molar-refractivity contribution is 0.232. The van der Waals surface area contributed by atoms with Crippen LogP contribution in [-0.4, -0.2) is 36.3 Å². The van der Waals surface area contributed by atoms with Crippen molar-refractivity contribution in [1.29, 1.82) is 0 Å². The van der Waals surface area contributed by atoms with Gasteiger partial charge in [0.25, 0.3) is 0 Å². The van der Waals surface area contributed by atoms with E-state index in [0.717, 1.165) is 25.6 Å². The molecule has 3 aliphatic rings. The summed E-state index contributed by atoms with van der Waals surface area (Å²) in [5.74, 6) is 0. The Kier molecular flexibility index (Phi) is 4.04. The highest BCUT2D eigenvalue weighted by molar-refractivity contribution is 5.84. The SMILES string of the molecule is C=C(c1ccc(C2=CN=CC2)cc1)N(C1CCNCC1)C1CC1. The van der Waals surface area contributed by atoms with Crippen LogP contribution in [0.25, 0.3) is 11.3 Å². The average molecular weight is 307 g/mol. The highest BCUT2D eigenvalue weighted by atomic mass is 15.2. The van der Waals surface area contributed by atoms with Gasteiger partial charge in [-0.3, -0.25) is 4.99 Å². The summed E-state index contributed by atoms with van der Waals surface area (Å²) in [6, 6.07) is 10.3. The fraction of sp³-hybridized carbons (Fsp3) is 0.450. The molecule has 0 amide bonds. The second kappa shape index (κ2) is 6.32. The van der Waals surface area contributed by atoms with Crippen LogP contribution in [0, 0.1) is 0 Å². The molecule has 1 aliphatic carbocycles. The van der Waals surface area contributed by atoms with E-state index in [0.29, 0.717) is 6.04 Å². The molecule has 3 nitrogen and oxygen atoms in total. The quantitative estimate of drug-likeness (QED) is 0.898. The molecule has 2 fully saturated rings. The zero-order valence-electron chi connectivity index (χ0n) is 13.7. The third kappa shape index (κ3) is 3.11. The van der Waals surface area contributed by atoms with Crippen molar-refractivity contribution in [3.63, 3.8) is 0 Å². The van der Waals surface area contributed by atoms with Gasteiger partial charge in [0.2, 0.25) is 0 Å². The highest BCUT2D eigenvalue weighted by Gasteiger charge is 2.35. The lowest BCUT2D eigenvalue weighted by atomic mass is 9.99. The first-order chi connectivity index (χ1) is 11.3. The molecule has 1 N–H and O–H groups in total. The molecular weight excluding hydrogens is 282 g/mol. The standard InChI is InChI=1S/C20H25N3/c1-15(23(19-6-7-19)20-9-12-21-13-10-20)16-2-4-17(5-3-16)18-8-11-22-14-18/h2-5,11,14,19-21H,1,6-10,12-13H2. The molecule has 0 bridgehead atoms. The number of nitrogens with zero attached hydrogens (tertiary/aromatic N) is 2. The Morgan fingerprint density at radius 1 is 1.04 bits per heavy atom. The molecule has 0 atom stereocenters. The predicted molar refractivity (Wildman–Crippen MR) is 97.3 cm³/mol. The van der Waals surface area contributed by atoms with Crippen molar-refractivity contribution in [2.75, 3.05) is 13.1 Å². The topological polar surface area (TPSA) is 27.6 Å². The van der Waals surface area contributed by atoms with E-state index in [4.69, 9.17) is 0 Å². The van der Waals surface area contributed by atoms with Crippen LogP contribution in [0.2, 0.25) is 0 Å². The van der Waals surface area contributed by atoms with Crippen LogP contribution in [0.15, 0.2) is 42.0 Å². The Balaban J connectivity index is 1.52. The van der Waals surface area contributed by atoms with Crippen molar-refractivity contribution in [3.05, 3.63) is 48.2 Å². The number of hydrogen-bond acceptors (Lipinski definition) is 3. The molecule has 3 heteroatoms. The first-order valence-electron chi connectivity index (χ1n) is 8.82. The van der Waals surface area contributed by atoms with Gasteiger partial charge in [-0.1, -0.05) is 30.8 Å². The normalized spacial score (nSPS) is 21.3. The molecule has 0 radical (unpaired) electrons. The van der Waals surface area contributed by atoms with E-state index < -0.39 is 0 Å². The number of nitrogens with one attached hydrogen (secondary N) is 1. The van der Waals surface area contributed by atoms with Crippen molar-refractivity contribution in [3.8, 4) is 0 Å². The molecule has 23 heavy (non-hydrogen) atoms. The zero-order valence-corrected chi connectivity index (χ0v) is 13.7. The largest absolute Gasteiger partial charge is 0.365 e. The molecule has 1 saturated carbocycles. The Hall–Kier alpha value is -1.87. The molecule has 0 aromatic heterocycles. The van der Waals surface area contributed by atoms with Gasteiger partial charge in [0.1, 0.15) is 0 Å². The molecule has 1 aromatic rings. The molecular formula is C20H25N3. The van der Waals surface area contributed by atoms with Gasteiger partial charge in [-0.05, 0) is 55.5 Å².